The molecule has 0 bridgehead atoms. The molecular formula is C56H99NO12. The zero-order valence-corrected chi connectivity index (χ0v) is 44.6. The highest BCUT2D eigenvalue weighted by molar-refractivity contribution is 5.80. The number of methoxy groups -OCH3 is 1. The first-order valence-electron chi connectivity index (χ1n) is 27.0. The summed E-state index contributed by atoms with van der Waals surface area (Å²) in [4.78, 5) is 26.3. The molecule has 0 fully saturated rings. The van der Waals surface area contributed by atoms with E-state index >= 15 is 0 Å². The largest absolute Gasteiger partial charge is 0.469 e. The summed E-state index contributed by atoms with van der Waals surface area (Å²) in [5, 5.41) is 10.1. The van der Waals surface area contributed by atoms with Crippen LogP contribution in [0.4, 0.5) is 0 Å². The number of benzene rings is 1. The predicted molar refractivity (Wildman–Crippen MR) is 273 cm³/mol. The van der Waals surface area contributed by atoms with Crippen molar-refractivity contribution in [3.63, 3.8) is 0 Å². The summed E-state index contributed by atoms with van der Waals surface area (Å²) >= 11 is 0. The lowest BCUT2D eigenvalue weighted by molar-refractivity contribution is -0.163. The Kier molecular flexibility index (Phi) is 42.2. The van der Waals surface area contributed by atoms with E-state index in [1.807, 2.05) is 18.2 Å². The predicted octanol–water partition coefficient (Wildman–Crippen LogP) is 11.6. The SMILES string of the molecule is CCCCCCCCCCCCCCCCCCOCCOCCOCCOCCOCCOCCOCCOCCOC(=O)C(C)(C)CC(C)(CC(C#N)CC(CC)c1ccccc1)C(=O)OC. The Hall–Kier alpha value is -2.67. The van der Waals surface area contributed by atoms with Gasteiger partial charge in [-0.25, -0.2) is 0 Å². The normalized spacial score (nSPS) is 13.5. The number of unbranched alkanes of at least 4 members (excludes halogenated alkanes) is 15. The molecular weight excluding hydrogens is 879 g/mol. The van der Waals surface area contributed by atoms with Crippen LogP contribution in [0.15, 0.2) is 30.3 Å². The van der Waals surface area contributed by atoms with Crippen molar-refractivity contribution in [3.05, 3.63) is 35.9 Å². The van der Waals surface area contributed by atoms with E-state index in [0.29, 0.717) is 98.9 Å². The quantitative estimate of drug-likeness (QED) is 0.0450. The maximum Gasteiger partial charge on any atom is 0.311 e. The van der Waals surface area contributed by atoms with Crippen LogP contribution in [0.25, 0.3) is 0 Å². The summed E-state index contributed by atoms with van der Waals surface area (Å²) in [5.74, 6) is -1.09. The van der Waals surface area contributed by atoms with Gasteiger partial charge >= 0.3 is 11.9 Å². The highest BCUT2D eigenvalue weighted by atomic mass is 16.6. The second-order valence-corrected chi connectivity index (χ2v) is 19.2. The number of rotatable bonds is 51. The lowest BCUT2D eigenvalue weighted by Crippen LogP contribution is -2.40. The van der Waals surface area contributed by atoms with Gasteiger partial charge < -0.3 is 47.4 Å². The highest BCUT2D eigenvalue weighted by Gasteiger charge is 2.45. The Morgan fingerprint density at radius 1 is 0.507 bits per heavy atom. The van der Waals surface area contributed by atoms with E-state index in [1.165, 1.54) is 109 Å². The van der Waals surface area contributed by atoms with Crippen LogP contribution < -0.4 is 0 Å². The summed E-state index contributed by atoms with van der Waals surface area (Å²) in [6, 6.07) is 12.5. The second-order valence-electron chi connectivity index (χ2n) is 19.2. The monoisotopic (exact) mass is 978 g/mol. The molecule has 0 aromatic heterocycles. The summed E-state index contributed by atoms with van der Waals surface area (Å²) in [6.45, 7) is 17.6. The molecule has 1 rings (SSSR count). The number of hydrogen-bond acceptors (Lipinski definition) is 13. The minimum atomic E-state index is -1.06. The van der Waals surface area contributed by atoms with E-state index < -0.39 is 28.7 Å². The van der Waals surface area contributed by atoms with Crippen LogP contribution in [0.5, 0.6) is 0 Å². The standard InChI is InChI=1S/C56H99NO12/c1-7-9-10-11-12-13-14-15-16-17-18-19-20-21-22-26-29-61-30-31-62-32-33-63-34-35-64-36-37-65-38-39-66-40-41-67-42-43-68-44-45-69-53(58)55(3,4)49-56(5,54(59)60-6)47-50(48-57)46-51(8-2)52-27-24-23-25-28-52/h23-25,27-28,50-51H,7-22,26,29-47,49H2,1-6H3. The molecule has 13 heteroatoms. The molecule has 69 heavy (non-hydrogen) atoms. The van der Waals surface area contributed by atoms with Crippen molar-refractivity contribution in [1.29, 1.82) is 5.26 Å². The van der Waals surface area contributed by atoms with Gasteiger partial charge in [0.2, 0.25) is 0 Å². The topological polar surface area (TPSA) is 150 Å². The number of hydrogen-bond donors (Lipinski definition) is 0. The molecule has 0 spiro atoms. The van der Waals surface area contributed by atoms with Gasteiger partial charge in [0.1, 0.15) is 6.61 Å². The van der Waals surface area contributed by atoms with Gasteiger partial charge in [-0.05, 0) is 64.4 Å². The third kappa shape index (κ3) is 36.0. The number of nitriles is 1. The number of ether oxygens (including phenoxy) is 10. The van der Waals surface area contributed by atoms with Gasteiger partial charge in [0.15, 0.2) is 0 Å². The van der Waals surface area contributed by atoms with Crippen LogP contribution in [0.1, 0.15) is 175 Å². The molecule has 3 unspecified atom stereocenters. The van der Waals surface area contributed by atoms with Crippen molar-refractivity contribution in [2.24, 2.45) is 16.7 Å². The Labute approximate surface area is 420 Å². The molecule has 0 aliphatic rings. The molecule has 0 aliphatic carbocycles. The molecule has 0 aliphatic heterocycles. The summed E-state index contributed by atoms with van der Waals surface area (Å²) in [5.41, 5.74) is -0.883. The summed E-state index contributed by atoms with van der Waals surface area (Å²) in [7, 11) is 1.34. The lowest BCUT2D eigenvalue weighted by Gasteiger charge is -2.35. The third-order valence-electron chi connectivity index (χ3n) is 12.5. The Morgan fingerprint density at radius 3 is 1.23 bits per heavy atom. The first-order chi connectivity index (χ1) is 33.6. The molecule has 0 radical (unpaired) electrons. The van der Waals surface area contributed by atoms with Crippen LogP contribution >= 0.6 is 0 Å². The van der Waals surface area contributed by atoms with Gasteiger partial charge in [0.25, 0.3) is 0 Å². The average Bonchev–Trinajstić information content (AvgIpc) is 3.35. The fraction of sp³-hybridized carbons (Fsp3) is 0.839. The molecule has 400 valence electrons. The van der Waals surface area contributed by atoms with E-state index in [1.54, 1.807) is 20.8 Å². The number of carbonyl (C=O) groups is 2. The van der Waals surface area contributed by atoms with Crippen molar-refractivity contribution in [2.75, 3.05) is 119 Å². The first-order valence-corrected chi connectivity index (χ1v) is 27.0. The molecule has 13 nitrogen and oxygen atoms in total. The van der Waals surface area contributed by atoms with Crippen LogP contribution in [0.3, 0.4) is 0 Å². The smallest absolute Gasteiger partial charge is 0.311 e. The zero-order valence-electron chi connectivity index (χ0n) is 44.6. The van der Waals surface area contributed by atoms with Crippen LogP contribution in [-0.4, -0.2) is 131 Å². The Bertz CT molecular complexity index is 1360. The van der Waals surface area contributed by atoms with Crippen LogP contribution in [-0.2, 0) is 57.0 Å². The molecule has 3 atom stereocenters. The van der Waals surface area contributed by atoms with Crippen LogP contribution in [0, 0.1) is 28.1 Å². The van der Waals surface area contributed by atoms with E-state index in [2.05, 4.69) is 32.0 Å². The zero-order chi connectivity index (χ0) is 50.4. The maximum atomic E-state index is 13.2. The van der Waals surface area contributed by atoms with E-state index in [9.17, 15) is 14.9 Å². The van der Waals surface area contributed by atoms with E-state index in [-0.39, 0.29) is 32.0 Å². The lowest BCUT2D eigenvalue weighted by atomic mass is 9.68. The molecule has 1 aromatic carbocycles. The molecule has 0 N–H and O–H groups in total. The molecule has 0 heterocycles. The fourth-order valence-corrected chi connectivity index (χ4v) is 8.64. The Balaban J connectivity index is 1.90. The van der Waals surface area contributed by atoms with Gasteiger partial charge in [0.05, 0.1) is 123 Å². The first kappa shape index (κ1) is 64.3. The molecule has 0 saturated heterocycles. The minimum absolute atomic E-state index is 0.0703. The fourth-order valence-electron chi connectivity index (χ4n) is 8.64. The van der Waals surface area contributed by atoms with Crippen molar-refractivity contribution in [1.82, 2.24) is 0 Å². The minimum Gasteiger partial charge on any atom is -0.469 e. The molecule has 1 aromatic rings. The molecule has 0 amide bonds. The maximum absolute atomic E-state index is 13.2. The van der Waals surface area contributed by atoms with Crippen molar-refractivity contribution < 1.29 is 57.0 Å². The third-order valence-corrected chi connectivity index (χ3v) is 12.5. The van der Waals surface area contributed by atoms with Crippen LogP contribution in [0.2, 0.25) is 0 Å². The second kappa shape index (κ2) is 45.2. The van der Waals surface area contributed by atoms with E-state index in [0.717, 1.165) is 19.4 Å². The van der Waals surface area contributed by atoms with Crippen molar-refractivity contribution >= 4 is 11.9 Å². The summed E-state index contributed by atoms with van der Waals surface area (Å²) in [6.07, 6.45) is 24.0. The van der Waals surface area contributed by atoms with Gasteiger partial charge in [-0.2, -0.15) is 5.26 Å². The number of carbonyl (C=O) groups excluding carboxylic acids is 2. The van der Waals surface area contributed by atoms with Gasteiger partial charge in [-0.15, -0.1) is 0 Å². The summed E-state index contributed by atoms with van der Waals surface area (Å²) < 4.78 is 55.4. The number of esters is 2. The molecule has 0 saturated carbocycles. The van der Waals surface area contributed by atoms with Gasteiger partial charge in [-0.3, -0.25) is 9.59 Å². The van der Waals surface area contributed by atoms with Gasteiger partial charge in [0, 0.05) is 12.5 Å². The van der Waals surface area contributed by atoms with Crippen molar-refractivity contribution in [2.45, 2.75) is 169 Å². The van der Waals surface area contributed by atoms with Crippen molar-refractivity contribution in [3.8, 4) is 6.07 Å². The number of nitrogens with zero attached hydrogens (tertiary/aromatic N) is 1. The highest BCUT2D eigenvalue weighted by Crippen LogP contribution is 2.42. The van der Waals surface area contributed by atoms with Gasteiger partial charge in [-0.1, -0.05) is 140 Å². The van der Waals surface area contributed by atoms with E-state index in [4.69, 9.17) is 47.4 Å². The Morgan fingerprint density at radius 2 is 0.870 bits per heavy atom. The average molecular weight is 978 g/mol.